The van der Waals surface area contributed by atoms with Crippen molar-refractivity contribution in [1.29, 1.82) is 0 Å². The summed E-state index contributed by atoms with van der Waals surface area (Å²) >= 11 is 0. The number of ether oxygens (including phenoxy) is 1. The minimum Gasteiger partial charge on any atom is -0.466 e. The Hall–Kier alpha value is -1.88. The molecular formula is C14H18N2O3. The molecule has 1 aliphatic heterocycles. The van der Waals surface area contributed by atoms with Crippen molar-refractivity contribution >= 4 is 17.5 Å². The van der Waals surface area contributed by atoms with Gasteiger partial charge in [0.15, 0.2) is 0 Å². The number of hydrogen-bond acceptors (Lipinski definition) is 5. The lowest BCUT2D eigenvalue weighted by molar-refractivity contribution is -0.143. The molecule has 1 aliphatic rings. The molecule has 102 valence electrons. The van der Waals surface area contributed by atoms with Crippen molar-refractivity contribution in [2.45, 2.75) is 32.6 Å². The van der Waals surface area contributed by atoms with Gasteiger partial charge in [0.1, 0.15) is 5.84 Å². The highest BCUT2D eigenvalue weighted by molar-refractivity contribution is 5.98. The standard InChI is InChI=1S/C14H18N2O3/c1-3-9-6-5-7-10-11(8-12(17)19-4-2)14(16-18)15-13(9)10/h5-7,11,18H,3-4,8H2,1-2H3,(H,15,16). The molecule has 0 radical (unpaired) electrons. The van der Waals surface area contributed by atoms with Crippen LogP contribution in [0.4, 0.5) is 5.69 Å². The molecular weight excluding hydrogens is 244 g/mol. The number of hydroxylamine groups is 1. The summed E-state index contributed by atoms with van der Waals surface area (Å²) in [6.45, 7) is 4.18. The van der Waals surface area contributed by atoms with Crippen molar-refractivity contribution in [3.63, 3.8) is 0 Å². The Bertz CT molecular complexity index is 511. The van der Waals surface area contributed by atoms with E-state index in [4.69, 9.17) is 4.74 Å². The summed E-state index contributed by atoms with van der Waals surface area (Å²) in [4.78, 5) is 16.0. The molecule has 1 heterocycles. The average Bonchev–Trinajstić information content (AvgIpc) is 2.77. The Labute approximate surface area is 112 Å². The van der Waals surface area contributed by atoms with Gasteiger partial charge in [0.2, 0.25) is 0 Å². The first kappa shape index (κ1) is 13.5. The molecule has 2 rings (SSSR count). The first-order chi connectivity index (χ1) is 9.21. The Balaban J connectivity index is 2.31. The first-order valence-corrected chi connectivity index (χ1v) is 6.47. The van der Waals surface area contributed by atoms with Crippen molar-refractivity contribution in [3.05, 3.63) is 29.3 Å². The number of rotatable bonds is 4. The monoisotopic (exact) mass is 262 g/mol. The smallest absolute Gasteiger partial charge is 0.306 e. The number of aliphatic imine (C=N–C) groups is 1. The zero-order chi connectivity index (χ0) is 13.8. The molecule has 5 heteroatoms. The van der Waals surface area contributed by atoms with Crippen molar-refractivity contribution in [2.75, 3.05) is 6.61 Å². The number of carbonyl (C=O) groups excluding carboxylic acids is 1. The van der Waals surface area contributed by atoms with E-state index in [1.807, 2.05) is 18.2 Å². The van der Waals surface area contributed by atoms with Crippen LogP contribution >= 0.6 is 0 Å². The van der Waals surface area contributed by atoms with E-state index in [1.165, 1.54) is 0 Å². The number of para-hydroxylation sites is 1. The second-order valence-electron chi connectivity index (χ2n) is 4.38. The number of fused-ring (bicyclic) bond motifs is 1. The Morgan fingerprint density at radius 1 is 1.47 bits per heavy atom. The van der Waals surface area contributed by atoms with Crippen LogP contribution in [0.25, 0.3) is 0 Å². The van der Waals surface area contributed by atoms with Crippen molar-refractivity contribution < 1.29 is 14.7 Å². The second-order valence-corrected chi connectivity index (χ2v) is 4.38. The number of nitrogens with zero attached hydrogens (tertiary/aromatic N) is 1. The predicted octanol–water partition coefficient (Wildman–Crippen LogP) is 2.31. The summed E-state index contributed by atoms with van der Waals surface area (Å²) in [7, 11) is 0. The van der Waals surface area contributed by atoms with E-state index in [9.17, 15) is 10.0 Å². The number of aryl methyl sites for hydroxylation is 1. The highest BCUT2D eigenvalue weighted by Crippen LogP contribution is 2.39. The van der Waals surface area contributed by atoms with Crippen molar-refractivity contribution in [3.8, 4) is 0 Å². The maximum absolute atomic E-state index is 11.6. The van der Waals surface area contributed by atoms with Gasteiger partial charge in [-0.15, -0.1) is 0 Å². The van der Waals surface area contributed by atoms with Gasteiger partial charge in [-0.25, -0.2) is 4.99 Å². The molecule has 0 bridgehead atoms. The minimum atomic E-state index is -0.287. The van der Waals surface area contributed by atoms with Gasteiger partial charge in [-0.3, -0.25) is 15.5 Å². The molecule has 1 unspecified atom stereocenters. The topological polar surface area (TPSA) is 70.9 Å². The van der Waals surface area contributed by atoms with Crippen LogP contribution in [0, 0.1) is 0 Å². The molecule has 0 aromatic heterocycles. The van der Waals surface area contributed by atoms with E-state index >= 15 is 0 Å². The summed E-state index contributed by atoms with van der Waals surface area (Å²) in [6, 6.07) is 5.89. The van der Waals surface area contributed by atoms with Crippen LogP contribution in [0.1, 0.15) is 37.3 Å². The fraction of sp³-hybridized carbons (Fsp3) is 0.429. The third-order valence-electron chi connectivity index (χ3n) is 3.26. The molecule has 0 aliphatic carbocycles. The van der Waals surface area contributed by atoms with E-state index in [0.717, 1.165) is 23.2 Å². The van der Waals surface area contributed by atoms with Gasteiger partial charge < -0.3 is 4.74 Å². The normalized spacial score (nSPS) is 16.8. The van der Waals surface area contributed by atoms with E-state index in [1.54, 1.807) is 6.92 Å². The Morgan fingerprint density at radius 2 is 2.26 bits per heavy atom. The third-order valence-corrected chi connectivity index (χ3v) is 3.26. The third kappa shape index (κ3) is 2.61. The van der Waals surface area contributed by atoms with Crippen molar-refractivity contribution in [1.82, 2.24) is 5.48 Å². The highest BCUT2D eigenvalue weighted by Gasteiger charge is 2.30. The molecule has 0 spiro atoms. The largest absolute Gasteiger partial charge is 0.466 e. The van der Waals surface area contributed by atoms with Crippen LogP contribution in [0.3, 0.4) is 0 Å². The van der Waals surface area contributed by atoms with Crippen LogP contribution in [0.2, 0.25) is 0 Å². The maximum atomic E-state index is 11.6. The van der Waals surface area contributed by atoms with E-state index in [2.05, 4.69) is 17.4 Å². The lowest BCUT2D eigenvalue weighted by Gasteiger charge is -2.13. The Kier molecular flexibility index (Phi) is 4.16. The number of benzene rings is 1. The summed E-state index contributed by atoms with van der Waals surface area (Å²) in [5, 5.41) is 9.18. The fourth-order valence-corrected chi connectivity index (χ4v) is 2.36. The van der Waals surface area contributed by atoms with Gasteiger partial charge >= 0.3 is 5.97 Å². The predicted molar refractivity (Wildman–Crippen MR) is 71.8 cm³/mol. The van der Waals surface area contributed by atoms with E-state index < -0.39 is 0 Å². The number of carbonyl (C=O) groups is 1. The van der Waals surface area contributed by atoms with Gasteiger partial charge in [0.25, 0.3) is 0 Å². The average molecular weight is 262 g/mol. The van der Waals surface area contributed by atoms with E-state index in [0.29, 0.717) is 12.4 Å². The zero-order valence-corrected chi connectivity index (χ0v) is 11.1. The Morgan fingerprint density at radius 3 is 2.89 bits per heavy atom. The highest BCUT2D eigenvalue weighted by atomic mass is 16.5. The quantitative estimate of drug-likeness (QED) is 0.645. The summed E-state index contributed by atoms with van der Waals surface area (Å²) in [6.07, 6.45) is 1.04. The van der Waals surface area contributed by atoms with Crippen LogP contribution in [0.15, 0.2) is 23.2 Å². The second kappa shape index (κ2) is 5.84. The van der Waals surface area contributed by atoms with E-state index in [-0.39, 0.29) is 18.3 Å². The summed E-state index contributed by atoms with van der Waals surface area (Å²) in [5.74, 6) is -0.139. The number of amidine groups is 1. The summed E-state index contributed by atoms with van der Waals surface area (Å²) in [5.41, 5.74) is 5.03. The zero-order valence-electron chi connectivity index (χ0n) is 11.1. The lowest BCUT2D eigenvalue weighted by Crippen LogP contribution is -2.26. The number of nitrogens with one attached hydrogen (secondary N) is 1. The van der Waals surface area contributed by atoms with Crippen LogP contribution < -0.4 is 5.48 Å². The minimum absolute atomic E-state index is 0.181. The maximum Gasteiger partial charge on any atom is 0.306 e. The van der Waals surface area contributed by atoms with Gasteiger partial charge in [-0.05, 0) is 24.5 Å². The van der Waals surface area contributed by atoms with Crippen LogP contribution in [-0.2, 0) is 16.0 Å². The lowest BCUT2D eigenvalue weighted by atomic mass is 9.93. The van der Waals surface area contributed by atoms with Crippen LogP contribution in [-0.4, -0.2) is 23.6 Å². The van der Waals surface area contributed by atoms with Gasteiger partial charge in [-0.2, -0.15) is 0 Å². The van der Waals surface area contributed by atoms with Gasteiger partial charge in [0, 0.05) is 0 Å². The molecule has 0 saturated carbocycles. The molecule has 1 aromatic rings. The van der Waals surface area contributed by atoms with Gasteiger partial charge in [0.05, 0.1) is 24.6 Å². The molecule has 2 N–H and O–H groups in total. The molecule has 0 fully saturated rings. The van der Waals surface area contributed by atoms with Crippen LogP contribution in [0.5, 0.6) is 0 Å². The molecule has 1 atom stereocenters. The fourth-order valence-electron chi connectivity index (χ4n) is 2.36. The van der Waals surface area contributed by atoms with Gasteiger partial charge in [-0.1, -0.05) is 25.1 Å². The molecule has 5 nitrogen and oxygen atoms in total. The molecule has 0 saturated heterocycles. The molecule has 1 aromatic carbocycles. The number of esters is 1. The SMILES string of the molecule is CCOC(=O)CC1C(NO)=Nc2c(CC)cccc21. The van der Waals surface area contributed by atoms with Crippen molar-refractivity contribution in [2.24, 2.45) is 4.99 Å². The molecule has 19 heavy (non-hydrogen) atoms. The number of hydrogen-bond donors (Lipinski definition) is 2. The first-order valence-electron chi connectivity index (χ1n) is 6.47. The summed E-state index contributed by atoms with van der Waals surface area (Å²) < 4.78 is 4.96. The molecule has 0 amide bonds.